The Hall–Kier alpha value is -3.53. The Bertz CT molecular complexity index is 1070. The Morgan fingerprint density at radius 2 is 1.78 bits per heavy atom. The van der Waals surface area contributed by atoms with E-state index in [0.717, 1.165) is 69.2 Å². The van der Waals surface area contributed by atoms with Gasteiger partial charge in [-0.25, -0.2) is 0 Å². The summed E-state index contributed by atoms with van der Waals surface area (Å²) in [6, 6.07) is 13.2. The van der Waals surface area contributed by atoms with Crippen molar-refractivity contribution in [1.29, 1.82) is 5.26 Å². The molecule has 1 amide bonds. The van der Waals surface area contributed by atoms with Crippen LogP contribution in [0.2, 0.25) is 0 Å². The van der Waals surface area contributed by atoms with Gasteiger partial charge in [-0.05, 0) is 67.1 Å². The molecule has 0 aromatic heterocycles. The molecule has 2 aromatic carbocycles. The Morgan fingerprint density at radius 3 is 2.36 bits per heavy atom. The van der Waals surface area contributed by atoms with Gasteiger partial charge in [0.1, 0.15) is 5.75 Å². The molecule has 7 nitrogen and oxygen atoms in total. The molecule has 1 aliphatic heterocycles. The van der Waals surface area contributed by atoms with E-state index in [0.29, 0.717) is 22.6 Å². The van der Waals surface area contributed by atoms with E-state index in [1.165, 1.54) is 6.92 Å². The average Bonchev–Trinajstić information content (AvgIpc) is 3.17. The van der Waals surface area contributed by atoms with Crippen molar-refractivity contribution in [1.82, 2.24) is 4.90 Å². The number of hydrogen-bond acceptors (Lipinski definition) is 6. The van der Waals surface area contributed by atoms with Crippen molar-refractivity contribution in [3.05, 3.63) is 58.7 Å². The summed E-state index contributed by atoms with van der Waals surface area (Å²) in [5.41, 5.74) is 4.01. The molecule has 1 saturated heterocycles. The molecule has 1 fully saturated rings. The highest BCUT2D eigenvalue weighted by Gasteiger charge is 2.25. The van der Waals surface area contributed by atoms with E-state index < -0.39 is 12.2 Å². The van der Waals surface area contributed by atoms with Gasteiger partial charge in [0.2, 0.25) is 6.23 Å². The second kappa shape index (κ2) is 13.5. The zero-order valence-electron chi connectivity index (χ0n) is 21.6. The topological polar surface area (TPSA) is 91.7 Å². The zero-order valence-corrected chi connectivity index (χ0v) is 21.6. The third-order valence-electron chi connectivity index (χ3n) is 6.36. The molecule has 1 unspecified atom stereocenters. The largest absolute Gasteiger partial charge is 0.483 e. The Balaban J connectivity index is 1.96. The number of rotatable bonds is 10. The Labute approximate surface area is 214 Å². The van der Waals surface area contributed by atoms with Crippen molar-refractivity contribution in [2.45, 2.75) is 71.9 Å². The summed E-state index contributed by atoms with van der Waals surface area (Å²) in [7, 11) is 0. The number of amides is 1. The molecule has 1 aliphatic rings. The van der Waals surface area contributed by atoms with E-state index >= 15 is 0 Å². The summed E-state index contributed by atoms with van der Waals surface area (Å²) < 4.78 is 12.0. The third-order valence-corrected chi connectivity index (χ3v) is 6.36. The molecule has 0 aliphatic carbocycles. The summed E-state index contributed by atoms with van der Waals surface area (Å²) in [6.45, 7) is 7.02. The molecular weight excluding hydrogens is 454 g/mol. The van der Waals surface area contributed by atoms with Gasteiger partial charge in [-0.2, -0.15) is 5.26 Å². The summed E-state index contributed by atoms with van der Waals surface area (Å²) in [4.78, 5) is 27.0. The van der Waals surface area contributed by atoms with Gasteiger partial charge in [-0.15, -0.1) is 0 Å². The monoisotopic (exact) mass is 491 g/mol. The average molecular weight is 492 g/mol. The van der Waals surface area contributed by atoms with Gasteiger partial charge < -0.3 is 19.7 Å². The Morgan fingerprint density at radius 1 is 1.08 bits per heavy atom. The van der Waals surface area contributed by atoms with Crippen LogP contribution >= 0.6 is 0 Å². The minimum absolute atomic E-state index is 0.0195. The van der Waals surface area contributed by atoms with Gasteiger partial charge in [0.25, 0.3) is 5.91 Å². The number of nitrogens with zero attached hydrogens (tertiary/aromatic N) is 2. The Kier molecular flexibility index (Phi) is 10.2. The van der Waals surface area contributed by atoms with Gasteiger partial charge in [-0.3, -0.25) is 9.59 Å². The van der Waals surface area contributed by atoms with Crippen molar-refractivity contribution < 1.29 is 19.1 Å². The lowest BCUT2D eigenvalue weighted by Gasteiger charge is -2.26. The standard InChI is InChI=1S/C29H37N3O4/c1-4-10-24-17-22(5-2)18-26(28(24)35-20-27(34)32-15-8-6-7-9-16-32)29(36-21(3)33)31-25-13-11-23(19-30)12-14-25/h11-14,17-18,29,31H,4-10,15-16,20H2,1-3H3. The molecule has 1 atom stereocenters. The maximum absolute atomic E-state index is 13.0. The van der Waals surface area contributed by atoms with Gasteiger partial charge in [-0.1, -0.05) is 39.2 Å². The zero-order chi connectivity index (χ0) is 25.9. The van der Waals surface area contributed by atoms with E-state index in [4.69, 9.17) is 14.7 Å². The van der Waals surface area contributed by atoms with Crippen LogP contribution in [0.1, 0.15) is 81.4 Å². The van der Waals surface area contributed by atoms with Gasteiger partial charge in [0.15, 0.2) is 6.61 Å². The summed E-state index contributed by atoms with van der Waals surface area (Å²) in [5, 5.41) is 12.4. The number of aryl methyl sites for hydroxylation is 2. The summed E-state index contributed by atoms with van der Waals surface area (Å²) >= 11 is 0. The molecular formula is C29H37N3O4. The number of carbonyl (C=O) groups excluding carboxylic acids is 2. The molecule has 2 aromatic rings. The highest BCUT2D eigenvalue weighted by molar-refractivity contribution is 5.78. The minimum atomic E-state index is -0.819. The highest BCUT2D eigenvalue weighted by atomic mass is 16.6. The number of anilines is 1. The fourth-order valence-electron chi connectivity index (χ4n) is 4.49. The first-order valence-corrected chi connectivity index (χ1v) is 12.9. The molecule has 0 spiro atoms. The number of carbonyl (C=O) groups is 2. The normalized spacial score (nSPS) is 14.3. The predicted molar refractivity (Wildman–Crippen MR) is 140 cm³/mol. The van der Waals surface area contributed by atoms with E-state index in [9.17, 15) is 9.59 Å². The first-order valence-electron chi connectivity index (χ1n) is 12.9. The van der Waals surface area contributed by atoms with Gasteiger partial charge >= 0.3 is 5.97 Å². The fraction of sp³-hybridized carbons (Fsp3) is 0.483. The number of esters is 1. The highest BCUT2D eigenvalue weighted by Crippen LogP contribution is 2.35. The van der Waals surface area contributed by atoms with Crippen LogP contribution in [0, 0.1) is 11.3 Å². The van der Waals surface area contributed by atoms with Crippen LogP contribution in [0.25, 0.3) is 0 Å². The van der Waals surface area contributed by atoms with Crippen molar-refractivity contribution in [3.63, 3.8) is 0 Å². The van der Waals surface area contributed by atoms with Crippen molar-refractivity contribution in [2.75, 3.05) is 25.0 Å². The maximum Gasteiger partial charge on any atom is 0.304 e. The molecule has 0 radical (unpaired) electrons. The van der Waals surface area contributed by atoms with Gasteiger partial charge in [0.05, 0.1) is 17.2 Å². The second-order valence-corrected chi connectivity index (χ2v) is 9.18. The SMILES string of the molecule is CCCc1cc(CC)cc(C(Nc2ccc(C#N)cc2)OC(C)=O)c1OCC(=O)N1CCCCCC1. The number of ether oxygens (including phenoxy) is 2. The first kappa shape index (κ1) is 27.1. The molecule has 192 valence electrons. The van der Waals surface area contributed by atoms with E-state index in [1.807, 2.05) is 11.0 Å². The molecule has 36 heavy (non-hydrogen) atoms. The number of hydrogen-bond donors (Lipinski definition) is 1. The van der Waals surface area contributed by atoms with E-state index in [-0.39, 0.29) is 12.5 Å². The van der Waals surface area contributed by atoms with Crippen LogP contribution < -0.4 is 10.1 Å². The van der Waals surface area contributed by atoms with Gasteiger partial charge in [0, 0.05) is 25.7 Å². The van der Waals surface area contributed by atoms with Crippen LogP contribution in [0.15, 0.2) is 36.4 Å². The van der Waals surface area contributed by atoms with Crippen LogP contribution in [0.5, 0.6) is 5.75 Å². The molecule has 3 rings (SSSR count). The smallest absolute Gasteiger partial charge is 0.304 e. The van der Waals surface area contributed by atoms with Crippen LogP contribution in [0.3, 0.4) is 0 Å². The van der Waals surface area contributed by atoms with E-state index in [2.05, 4.69) is 31.3 Å². The number of nitrogens with one attached hydrogen (secondary N) is 1. The number of benzene rings is 2. The van der Waals surface area contributed by atoms with Crippen LogP contribution in [-0.2, 0) is 27.2 Å². The van der Waals surface area contributed by atoms with Crippen molar-refractivity contribution in [3.8, 4) is 11.8 Å². The van der Waals surface area contributed by atoms with Crippen molar-refractivity contribution in [2.24, 2.45) is 0 Å². The predicted octanol–water partition coefficient (Wildman–Crippen LogP) is 5.53. The molecule has 7 heteroatoms. The lowest BCUT2D eigenvalue weighted by molar-refractivity contribution is -0.145. The third kappa shape index (κ3) is 7.48. The molecule has 1 N–H and O–H groups in total. The molecule has 0 saturated carbocycles. The quantitative estimate of drug-likeness (QED) is 0.347. The lowest BCUT2D eigenvalue weighted by atomic mass is 9.98. The van der Waals surface area contributed by atoms with E-state index in [1.54, 1.807) is 24.3 Å². The fourth-order valence-corrected chi connectivity index (χ4v) is 4.49. The molecule has 0 bridgehead atoms. The second-order valence-electron chi connectivity index (χ2n) is 9.18. The summed E-state index contributed by atoms with van der Waals surface area (Å²) in [6.07, 6.45) is 6.01. The maximum atomic E-state index is 13.0. The van der Waals surface area contributed by atoms with Crippen LogP contribution in [-0.4, -0.2) is 36.5 Å². The molecule has 1 heterocycles. The van der Waals surface area contributed by atoms with Crippen molar-refractivity contribution >= 4 is 17.6 Å². The minimum Gasteiger partial charge on any atom is -0.483 e. The van der Waals surface area contributed by atoms with Crippen LogP contribution in [0.4, 0.5) is 5.69 Å². The lowest BCUT2D eigenvalue weighted by Crippen LogP contribution is -2.35. The first-order chi connectivity index (χ1) is 17.4. The number of nitriles is 1. The summed E-state index contributed by atoms with van der Waals surface area (Å²) in [5.74, 6) is 0.130. The number of likely N-dealkylation sites (tertiary alicyclic amines) is 1.